The van der Waals surface area contributed by atoms with Gasteiger partial charge in [-0.1, -0.05) is 18.2 Å². The topological polar surface area (TPSA) is 40.5 Å². The van der Waals surface area contributed by atoms with Crippen molar-refractivity contribution in [2.45, 2.75) is 0 Å². The van der Waals surface area contributed by atoms with Gasteiger partial charge in [0.05, 0.1) is 0 Å². The third-order valence-corrected chi connectivity index (χ3v) is 2.77. The van der Waals surface area contributed by atoms with Crippen LogP contribution in [0.5, 0.6) is 0 Å². The third-order valence-electron chi connectivity index (χ3n) is 1.79. The van der Waals surface area contributed by atoms with Gasteiger partial charge in [0.1, 0.15) is 0 Å². The Morgan fingerprint density at radius 3 is 2.75 bits per heavy atom. The summed E-state index contributed by atoms with van der Waals surface area (Å²) in [5.74, 6) is 0. The minimum absolute atomic E-state index is 0. The molecule has 2 nitrogen and oxygen atoms in total. The van der Waals surface area contributed by atoms with E-state index in [0.29, 0.717) is 5.46 Å². The van der Waals surface area contributed by atoms with Gasteiger partial charge in [-0.15, -0.1) is 11.3 Å². The molecule has 0 aliphatic rings. The lowest BCUT2D eigenvalue weighted by atomic mass is 9.80. The molecule has 2 aromatic rings. The molecule has 0 spiro atoms. The van der Waals surface area contributed by atoms with Crippen molar-refractivity contribution in [2.24, 2.45) is 0 Å². The van der Waals surface area contributed by atoms with Gasteiger partial charge in [-0.3, -0.25) is 0 Å². The van der Waals surface area contributed by atoms with E-state index in [1.54, 1.807) is 5.38 Å². The predicted molar refractivity (Wildman–Crippen MR) is 55.9 cm³/mol. The van der Waals surface area contributed by atoms with Crippen LogP contribution in [0.25, 0.3) is 10.1 Å². The van der Waals surface area contributed by atoms with Crippen LogP contribution in [0.2, 0.25) is 0 Å². The van der Waals surface area contributed by atoms with Crippen molar-refractivity contribution >= 4 is 34.0 Å². The molecule has 0 aliphatic heterocycles. The smallest absolute Gasteiger partial charge is 0.423 e. The molecule has 0 unspecified atom stereocenters. The van der Waals surface area contributed by atoms with Crippen LogP contribution in [0.4, 0.5) is 0 Å². The van der Waals surface area contributed by atoms with Crippen molar-refractivity contribution in [2.75, 3.05) is 0 Å². The van der Waals surface area contributed by atoms with Crippen LogP contribution >= 0.6 is 11.3 Å². The van der Waals surface area contributed by atoms with E-state index in [4.69, 9.17) is 10.0 Å². The molecule has 0 bridgehead atoms. The minimum atomic E-state index is -1.36. The van der Waals surface area contributed by atoms with E-state index < -0.39 is 7.12 Å². The zero-order chi connectivity index (χ0) is 8.55. The Hall–Kier alpha value is -0.835. The molecule has 0 saturated carbocycles. The van der Waals surface area contributed by atoms with E-state index in [9.17, 15) is 0 Å². The fourth-order valence-corrected chi connectivity index (χ4v) is 2.17. The predicted octanol–water partition coefficient (Wildman–Crippen LogP) is 1.07. The second-order valence-electron chi connectivity index (χ2n) is 2.56. The second-order valence-corrected chi connectivity index (χ2v) is 3.47. The average Bonchev–Trinajstić information content (AvgIpc) is 2.47. The van der Waals surface area contributed by atoms with Crippen molar-refractivity contribution < 1.29 is 12.9 Å². The number of fused-ring (bicyclic) bond motifs is 1. The standard InChI is InChI=1S/C8H7BO2S.2H2/c10-9(11)7-5-12-8-4-2-1-3-6(7)8;;/h1-5,10-11H;2*1H. The molecule has 4 heteroatoms. The number of benzene rings is 1. The van der Waals surface area contributed by atoms with E-state index in [1.165, 1.54) is 11.3 Å². The molecule has 2 N–H and O–H groups in total. The molecule has 0 fully saturated rings. The first-order chi connectivity index (χ1) is 5.79. The van der Waals surface area contributed by atoms with Gasteiger partial charge >= 0.3 is 7.12 Å². The largest absolute Gasteiger partial charge is 0.489 e. The molecule has 1 aromatic heterocycles. The second kappa shape index (κ2) is 2.90. The summed E-state index contributed by atoms with van der Waals surface area (Å²) >= 11 is 1.52. The summed E-state index contributed by atoms with van der Waals surface area (Å²) in [6, 6.07) is 7.68. The van der Waals surface area contributed by atoms with Gasteiger partial charge in [0.2, 0.25) is 0 Å². The van der Waals surface area contributed by atoms with Gasteiger partial charge < -0.3 is 10.0 Å². The zero-order valence-electron chi connectivity index (χ0n) is 6.27. The fraction of sp³-hybridized carbons (Fsp3) is 0. The van der Waals surface area contributed by atoms with Crippen molar-refractivity contribution in [3.05, 3.63) is 29.6 Å². The number of hydrogen-bond donors (Lipinski definition) is 2. The minimum Gasteiger partial charge on any atom is -0.423 e. The van der Waals surface area contributed by atoms with E-state index in [1.807, 2.05) is 24.3 Å². The summed E-state index contributed by atoms with van der Waals surface area (Å²) in [6.45, 7) is 0. The van der Waals surface area contributed by atoms with Crippen LogP contribution < -0.4 is 5.46 Å². The van der Waals surface area contributed by atoms with Gasteiger partial charge in [0.25, 0.3) is 0 Å². The Balaban J connectivity index is 0.000000845. The van der Waals surface area contributed by atoms with Crippen LogP contribution in [0, 0.1) is 0 Å². The molecule has 1 aromatic carbocycles. The Morgan fingerprint density at radius 1 is 1.25 bits per heavy atom. The molecule has 0 radical (unpaired) electrons. The lowest BCUT2D eigenvalue weighted by Crippen LogP contribution is -2.28. The summed E-state index contributed by atoms with van der Waals surface area (Å²) in [6.07, 6.45) is 0. The van der Waals surface area contributed by atoms with E-state index >= 15 is 0 Å². The van der Waals surface area contributed by atoms with E-state index in [-0.39, 0.29) is 2.85 Å². The monoisotopic (exact) mass is 182 g/mol. The van der Waals surface area contributed by atoms with Gasteiger partial charge in [-0.05, 0) is 16.8 Å². The van der Waals surface area contributed by atoms with Crippen LogP contribution in [0.1, 0.15) is 2.85 Å². The average molecular weight is 182 g/mol. The maximum Gasteiger partial charge on any atom is 0.489 e. The highest BCUT2D eigenvalue weighted by molar-refractivity contribution is 7.18. The maximum absolute atomic E-state index is 8.97. The number of hydrogen-bond acceptors (Lipinski definition) is 3. The molecule has 64 valence electrons. The Labute approximate surface area is 77.2 Å². The quantitative estimate of drug-likeness (QED) is 0.647. The van der Waals surface area contributed by atoms with Crippen molar-refractivity contribution in [1.82, 2.24) is 0 Å². The molecule has 2 rings (SSSR count). The first-order valence-corrected chi connectivity index (χ1v) is 4.49. The lowest BCUT2D eigenvalue weighted by Gasteiger charge is -1.94. The number of thiophene rings is 1. The van der Waals surface area contributed by atoms with Gasteiger partial charge in [-0.2, -0.15) is 0 Å². The highest BCUT2D eigenvalue weighted by Crippen LogP contribution is 2.17. The van der Waals surface area contributed by atoms with Crippen LogP contribution in [-0.4, -0.2) is 17.2 Å². The van der Waals surface area contributed by atoms with Crippen LogP contribution in [-0.2, 0) is 0 Å². The van der Waals surface area contributed by atoms with Crippen LogP contribution in [0.15, 0.2) is 29.6 Å². The zero-order valence-corrected chi connectivity index (χ0v) is 7.08. The normalized spacial score (nSPS) is 10.5. The molecule has 0 aliphatic carbocycles. The Kier molecular flexibility index (Phi) is 1.88. The van der Waals surface area contributed by atoms with Crippen molar-refractivity contribution in [3.63, 3.8) is 0 Å². The Morgan fingerprint density at radius 2 is 2.00 bits per heavy atom. The highest BCUT2D eigenvalue weighted by atomic mass is 32.1. The molecular formula is C8H11BO2S. The van der Waals surface area contributed by atoms with Crippen molar-refractivity contribution in [3.8, 4) is 0 Å². The van der Waals surface area contributed by atoms with Crippen LogP contribution in [0.3, 0.4) is 0 Å². The number of rotatable bonds is 1. The highest BCUT2D eigenvalue weighted by Gasteiger charge is 2.15. The fourth-order valence-electron chi connectivity index (χ4n) is 1.20. The molecule has 12 heavy (non-hydrogen) atoms. The molecular weight excluding hydrogens is 171 g/mol. The summed E-state index contributed by atoms with van der Waals surface area (Å²) in [4.78, 5) is 0. The molecule has 1 heterocycles. The SMILES string of the molecule is OB(O)c1csc2ccccc12.[HH].[HH]. The maximum atomic E-state index is 8.97. The molecule has 0 atom stereocenters. The van der Waals surface area contributed by atoms with E-state index in [2.05, 4.69) is 0 Å². The van der Waals surface area contributed by atoms with Gasteiger partial charge in [-0.25, -0.2) is 0 Å². The summed E-state index contributed by atoms with van der Waals surface area (Å²) < 4.78 is 1.08. The third kappa shape index (κ3) is 1.14. The van der Waals surface area contributed by atoms with Crippen molar-refractivity contribution in [1.29, 1.82) is 0 Å². The van der Waals surface area contributed by atoms with Gasteiger partial charge in [0.15, 0.2) is 0 Å². The van der Waals surface area contributed by atoms with E-state index in [0.717, 1.165) is 10.1 Å². The summed E-state index contributed by atoms with van der Waals surface area (Å²) in [5, 5.41) is 20.6. The Bertz CT molecular complexity index is 405. The molecule has 0 saturated heterocycles. The first kappa shape index (κ1) is 7.80. The lowest BCUT2D eigenvalue weighted by molar-refractivity contribution is 0.426. The molecule has 0 amide bonds. The van der Waals surface area contributed by atoms with Gasteiger partial charge in [0, 0.05) is 13.0 Å². The summed E-state index contributed by atoms with van der Waals surface area (Å²) in [5.41, 5.74) is 0.593. The first-order valence-electron chi connectivity index (χ1n) is 3.61. The summed E-state index contributed by atoms with van der Waals surface area (Å²) in [7, 11) is -1.36.